The van der Waals surface area contributed by atoms with Crippen molar-refractivity contribution in [1.82, 2.24) is 0 Å². The molecule has 1 unspecified atom stereocenters. The summed E-state index contributed by atoms with van der Waals surface area (Å²) >= 11 is 9.01. The minimum atomic E-state index is -0.712. The molecule has 1 aromatic carbocycles. The van der Waals surface area contributed by atoms with Crippen molar-refractivity contribution in [1.29, 1.82) is 0 Å². The van der Waals surface area contributed by atoms with E-state index in [1.165, 1.54) is 0 Å². The first-order valence-corrected chi connectivity index (χ1v) is 6.59. The van der Waals surface area contributed by atoms with Gasteiger partial charge >= 0.3 is 0 Å². The predicted molar refractivity (Wildman–Crippen MR) is 65.5 cm³/mol. The maximum Gasteiger partial charge on any atom is 0.149 e. The summed E-state index contributed by atoms with van der Waals surface area (Å²) in [6, 6.07) is 1.84. The van der Waals surface area contributed by atoms with Crippen LogP contribution in [-0.2, 0) is 11.2 Å². The molecule has 1 nitrogen and oxygen atoms in total. The molecular weight excluding hydrogens is 313 g/mol. The van der Waals surface area contributed by atoms with Gasteiger partial charge in [-0.25, -0.2) is 8.78 Å². The Morgan fingerprint density at radius 3 is 2.65 bits per heavy atom. The van der Waals surface area contributed by atoms with Crippen LogP contribution in [0.5, 0.6) is 0 Å². The Balaban J connectivity index is 2.15. The molecule has 0 amide bonds. The summed E-state index contributed by atoms with van der Waals surface area (Å²) in [6.45, 7) is 0. The molecule has 0 aliphatic heterocycles. The number of hydrogen-bond acceptors (Lipinski definition) is 1. The number of carbonyl (C=O) groups is 1. The van der Waals surface area contributed by atoms with Gasteiger partial charge in [-0.3, -0.25) is 4.79 Å². The third-order valence-corrected chi connectivity index (χ3v) is 3.89. The van der Waals surface area contributed by atoms with E-state index in [9.17, 15) is 13.6 Å². The molecule has 1 saturated carbocycles. The Hall–Kier alpha value is -0.480. The molecule has 0 heterocycles. The smallest absolute Gasteiger partial charge is 0.149 e. The maximum atomic E-state index is 13.5. The van der Waals surface area contributed by atoms with Crippen molar-refractivity contribution in [2.24, 2.45) is 5.92 Å². The van der Waals surface area contributed by atoms with E-state index < -0.39 is 16.5 Å². The molecule has 0 spiro atoms. The standard InChI is InChI=1S/C12H10BrClF2O/c13-9(12(17)6-1-2-6)5-8-10(14)3-7(15)4-11(8)16/h3-4,6,9H,1-2,5H2. The lowest BCUT2D eigenvalue weighted by Crippen LogP contribution is -2.19. The second-order valence-electron chi connectivity index (χ2n) is 4.20. The Bertz CT molecular complexity index is 437. The number of halogens is 4. The SMILES string of the molecule is O=C(C(Br)Cc1c(F)cc(F)cc1Cl)C1CC1. The quantitative estimate of drug-likeness (QED) is 0.768. The molecule has 0 radical (unpaired) electrons. The van der Waals surface area contributed by atoms with E-state index in [4.69, 9.17) is 11.6 Å². The number of rotatable bonds is 4. The number of hydrogen-bond donors (Lipinski definition) is 0. The number of Topliss-reactive ketones (excluding diaryl/α,β-unsaturated/α-hetero) is 1. The summed E-state index contributed by atoms with van der Waals surface area (Å²) in [5.41, 5.74) is 0.184. The van der Waals surface area contributed by atoms with Crippen molar-refractivity contribution >= 4 is 33.3 Å². The van der Waals surface area contributed by atoms with Crippen LogP contribution in [0, 0.1) is 17.6 Å². The van der Waals surface area contributed by atoms with Crippen LogP contribution in [0.4, 0.5) is 8.78 Å². The van der Waals surface area contributed by atoms with Gasteiger partial charge in [0.25, 0.3) is 0 Å². The van der Waals surface area contributed by atoms with Gasteiger partial charge < -0.3 is 0 Å². The number of ketones is 1. The molecule has 0 saturated heterocycles. The topological polar surface area (TPSA) is 17.1 Å². The van der Waals surface area contributed by atoms with E-state index in [2.05, 4.69) is 15.9 Å². The van der Waals surface area contributed by atoms with Crippen molar-refractivity contribution in [2.45, 2.75) is 24.1 Å². The summed E-state index contributed by atoms with van der Waals surface area (Å²) < 4.78 is 26.3. The van der Waals surface area contributed by atoms with Crippen LogP contribution in [0.1, 0.15) is 18.4 Å². The largest absolute Gasteiger partial charge is 0.298 e. The Labute approximate surface area is 111 Å². The van der Waals surface area contributed by atoms with Crippen molar-refractivity contribution in [3.63, 3.8) is 0 Å². The fourth-order valence-electron chi connectivity index (χ4n) is 1.67. The molecule has 1 fully saturated rings. The van der Waals surface area contributed by atoms with Crippen LogP contribution >= 0.6 is 27.5 Å². The zero-order valence-electron chi connectivity index (χ0n) is 8.85. The van der Waals surface area contributed by atoms with Gasteiger partial charge in [-0.15, -0.1) is 0 Å². The normalized spacial score (nSPS) is 16.9. The van der Waals surface area contributed by atoms with E-state index in [0.717, 1.165) is 25.0 Å². The Morgan fingerprint density at radius 1 is 1.47 bits per heavy atom. The predicted octanol–water partition coefficient (Wildman–Crippen LogP) is 3.90. The molecule has 1 aliphatic carbocycles. The third kappa shape index (κ3) is 3.05. The van der Waals surface area contributed by atoms with Gasteiger partial charge in [0, 0.05) is 22.6 Å². The highest BCUT2D eigenvalue weighted by atomic mass is 79.9. The van der Waals surface area contributed by atoms with E-state index in [1.54, 1.807) is 0 Å². The summed E-state index contributed by atoms with van der Waals surface area (Å²) in [5.74, 6) is -1.25. The van der Waals surface area contributed by atoms with Gasteiger partial charge in [0.1, 0.15) is 17.4 Å². The highest BCUT2D eigenvalue weighted by Gasteiger charge is 2.34. The monoisotopic (exact) mass is 322 g/mol. The summed E-state index contributed by atoms with van der Waals surface area (Å²) in [4.78, 5) is 11.3. The minimum Gasteiger partial charge on any atom is -0.298 e. The molecule has 1 atom stereocenters. The molecule has 92 valence electrons. The van der Waals surface area contributed by atoms with Crippen LogP contribution in [-0.4, -0.2) is 10.6 Å². The lowest BCUT2D eigenvalue weighted by atomic mass is 10.0. The van der Waals surface area contributed by atoms with Crippen molar-refractivity contribution in [3.8, 4) is 0 Å². The molecule has 17 heavy (non-hydrogen) atoms. The van der Waals surface area contributed by atoms with E-state index in [0.29, 0.717) is 0 Å². The van der Waals surface area contributed by atoms with Crippen molar-refractivity contribution in [3.05, 3.63) is 34.4 Å². The average molecular weight is 324 g/mol. The zero-order valence-corrected chi connectivity index (χ0v) is 11.2. The first-order chi connectivity index (χ1) is 7.99. The highest BCUT2D eigenvalue weighted by molar-refractivity contribution is 9.10. The number of benzene rings is 1. The maximum absolute atomic E-state index is 13.5. The molecule has 0 N–H and O–H groups in total. The van der Waals surface area contributed by atoms with Gasteiger partial charge in [-0.2, -0.15) is 0 Å². The van der Waals surface area contributed by atoms with Gasteiger partial charge in [0.2, 0.25) is 0 Å². The summed E-state index contributed by atoms with van der Waals surface area (Å²) in [7, 11) is 0. The van der Waals surface area contributed by atoms with Crippen LogP contribution in [0.25, 0.3) is 0 Å². The van der Waals surface area contributed by atoms with Crippen molar-refractivity contribution in [2.75, 3.05) is 0 Å². The zero-order chi connectivity index (χ0) is 12.6. The average Bonchev–Trinajstić information content (AvgIpc) is 3.05. The van der Waals surface area contributed by atoms with Gasteiger partial charge in [0.05, 0.1) is 4.83 Å². The van der Waals surface area contributed by atoms with E-state index in [1.807, 2.05) is 0 Å². The Morgan fingerprint density at radius 2 is 2.12 bits per heavy atom. The fourth-order valence-corrected chi connectivity index (χ4v) is 2.64. The molecule has 5 heteroatoms. The Kier molecular flexibility index (Phi) is 3.83. The number of carbonyl (C=O) groups excluding carboxylic acids is 1. The molecule has 1 aromatic rings. The first-order valence-electron chi connectivity index (χ1n) is 5.30. The summed E-state index contributed by atoms with van der Waals surface area (Å²) in [6.07, 6.45) is 1.96. The summed E-state index contributed by atoms with van der Waals surface area (Å²) in [5, 5.41) is 0.0237. The highest BCUT2D eigenvalue weighted by Crippen LogP contribution is 2.34. The molecule has 0 bridgehead atoms. The minimum absolute atomic E-state index is 0.0237. The van der Waals surface area contributed by atoms with Crippen LogP contribution in [0.15, 0.2) is 12.1 Å². The van der Waals surface area contributed by atoms with Crippen LogP contribution in [0.3, 0.4) is 0 Å². The van der Waals surface area contributed by atoms with Crippen LogP contribution in [0.2, 0.25) is 5.02 Å². The molecular formula is C12H10BrClF2O. The lowest BCUT2D eigenvalue weighted by molar-refractivity contribution is -0.119. The molecule has 0 aromatic heterocycles. The third-order valence-electron chi connectivity index (χ3n) is 2.78. The first kappa shape index (κ1) is 13.0. The second-order valence-corrected chi connectivity index (χ2v) is 5.71. The van der Waals surface area contributed by atoms with Gasteiger partial charge in [-0.1, -0.05) is 27.5 Å². The van der Waals surface area contributed by atoms with Gasteiger partial charge in [-0.05, 0) is 25.3 Å². The van der Waals surface area contributed by atoms with E-state index in [-0.39, 0.29) is 28.7 Å². The van der Waals surface area contributed by atoms with Gasteiger partial charge in [0.15, 0.2) is 0 Å². The van der Waals surface area contributed by atoms with Crippen molar-refractivity contribution < 1.29 is 13.6 Å². The lowest BCUT2D eigenvalue weighted by Gasteiger charge is -2.10. The number of alkyl halides is 1. The van der Waals surface area contributed by atoms with E-state index >= 15 is 0 Å². The second kappa shape index (κ2) is 5.02. The fraction of sp³-hybridized carbons (Fsp3) is 0.417. The molecule has 1 aliphatic rings. The molecule has 2 rings (SSSR count). The van der Waals surface area contributed by atoms with Crippen LogP contribution < -0.4 is 0 Å².